The summed E-state index contributed by atoms with van der Waals surface area (Å²) in [7, 11) is 0. The lowest BCUT2D eigenvalue weighted by Gasteiger charge is -2.31. The maximum atomic E-state index is 12.2. The average Bonchev–Trinajstić information content (AvgIpc) is 2.60. The van der Waals surface area contributed by atoms with Crippen LogP contribution in [0.5, 0.6) is 0 Å². The largest absolute Gasteiger partial charge is 0.352 e. The van der Waals surface area contributed by atoms with Crippen LogP contribution in [0.3, 0.4) is 0 Å². The number of hydrogen-bond acceptors (Lipinski definition) is 2. The lowest BCUT2D eigenvalue weighted by Crippen LogP contribution is -2.43. The minimum atomic E-state index is 0.102. The lowest BCUT2D eigenvalue weighted by atomic mass is 9.99. The maximum Gasteiger partial charge on any atom is 0.220 e. The molecule has 1 atom stereocenters. The highest BCUT2D eigenvalue weighted by Crippen LogP contribution is 2.18. The molecule has 1 heterocycles. The fourth-order valence-corrected chi connectivity index (χ4v) is 3.65. The summed E-state index contributed by atoms with van der Waals surface area (Å²) in [5, 5.41) is 3.84. The van der Waals surface area contributed by atoms with Gasteiger partial charge in [0.05, 0.1) is 0 Å². The fraction of sp³-hybridized carbons (Fsp3) is 0.381. The van der Waals surface area contributed by atoms with Gasteiger partial charge in [-0.1, -0.05) is 48.0 Å². The highest BCUT2D eigenvalue weighted by atomic mass is 35.5. The first kappa shape index (κ1) is 18.0. The summed E-state index contributed by atoms with van der Waals surface area (Å²) in [6.07, 6.45) is 2.30. The Kier molecular flexibility index (Phi) is 6.11. The van der Waals surface area contributed by atoms with Gasteiger partial charge >= 0.3 is 0 Å². The quantitative estimate of drug-likeness (QED) is 0.853. The molecule has 4 heteroatoms. The molecule has 3 nitrogen and oxygen atoms in total. The van der Waals surface area contributed by atoms with Gasteiger partial charge in [0.1, 0.15) is 0 Å². The fourth-order valence-electron chi connectivity index (χ4n) is 3.44. The van der Waals surface area contributed by atoms with E-state index in [0.717, 1.165) is 43.1 Å². The average molecular weight is 357 g/mol. The van der Waals surface area contributed by atoms with Crippen molar-refractivity contribution in [1.29, 1.82) is 0 Å². The third kappa shape index (κ3) is 5.32. The number of nitrogens with zero attached hydrogens (tertiary/aromatic N) is 1. The van der Waals surface area contributed by atoms with Crippen LogP contribution in [0.15, 0.2) is 48.5 Å². The Morgan fingerprint density at radius 1 is 1.20 bits per heavy atom. The molecule has 1 amide bonds. The second-order valence-electron chi connectivity index (χ2n) is 6.85. The first-order valence-corrected chi connectivity index (χ1v) is 9.31. The molecule has 1 N–H and O–H groups in total. The molecule has 1 aliphatic rings. The summed E-state index contributed by atoms with van der Waals surface area (Å²) in [4.78, 5) is 14.6. The molecule has 0 aromatic heterocycles. The molecule has 0 aliphatic carbocycles. The van der Waals surface area contributed by atoms with Crippen molar-refractivity contribution in [2.75, 3.05) is 13.1 Å². The Morgan fingerprint density at radius 2 is 2.00 bits per heavy atom. The number of hydrogen-bond donors (Lipinski definition) is 1. The van der Waals surface area contributed by atoms with E-state index in [1.807, 2.05) is 24.3 Å². The van der Waals surface area contributed by atoms with E-state index in [4.69, 9.17) is 11.6 Å². The summed E-state index contributed by atoms with van der Waals surface area (Å²) in [6.45, 7) is 4.99. The summed E-state index contributed by atoms with van der Waals surface area (Å²) in [5.41, 5.74) is 3.97. The van der Waals surface area contributed by atoms with E-state index < -0.39 is 0 Å². The molecule has 2 aromatic carbocycles. The van der Waals surface area contributed by atoms with Gasteiger partial charge in [0, 0.05) is 37.1 Å². The van der Waals surface area contributed by atoms with Gasteiger partial charge in [0.2, 0.25) is 5.91 Å². The molecular weight excluding hydrogens is 332 g/mol. The standard InChI is InChI=1S/C21H25ClN2O/c1-16(14-24-12-11-18-6-2-3-7-19(18)15-24)23-21(25)10-9-17-5-4-8-20(22)13-17/h2-8,13,16H,9-12,14-15H2,1H3,(H,23,25). The van der Waals surface area contributed by atoms with Gasteiger partial charge in [-0.05, 0) is 48.6 Å². The minimum Gasteiger partial charge on any atom is -0.352 e. The van der Waals surface area contributed by atoms with E-state index in [1.54, 1.807) is 0 Å². The van der Waals surface area contributed by atoms with Crippen LogP contribution in [-0.4, -0.2) is 29.9 Å². The summed E-state index contributed by atoms with van der Waals surface area (Å²) in [6, 6.07) is 16.5. The summed E-state index contributed by atoms with van der Waals surface area (Å²) < 4.78 is 0. The molecule has 25 heavy (non-hydrogen) atoms. The third-order valence-corrected chi connectivity index (χ3v) is 4.91. The van der Waals surface area contributed by atoms with Crippen LogP contribution in [0.1, 0.15) is 30.0 Å². The smallest absolute Gasteiger partial charge is 0.220 e. The van der Waals surface area contributed by atoms with Crippen molar-refractivity contribution in [3.8, 4) is 0 Å². The Balaban J connectivity index is 1.43. The zero-order valence-electron chi connectivity index (χ0n) is 14.7. The van der Waals surface area contributed by atoms with E-state index in [9.17, 15) is 4.79 Å². The summed E-state index contributed by atoms with van der Waals surface area (Å²) in [5.74, 6) is 0.102. The zero-order valence-corrected chi connectivity index (χ0v) is 15.4. The molecule has 3 rings (SSSR count). The number of carbonyl (C=O) groups excluding carboxylic acids is 1. The topological polar surface area (TPSA) is 32.3 Å². The molecule has 0 radical (unpaired) electrons. The van der Waals surface area contributed by atoms with Crippen LogP contribution in [0, 0.1) is 0 Å². The van der Waals surface area contributed by atoms with E-state index >= 15 is 0 Å². The molecule has 1 aliphatic heterocycles. The van der Waals surface area contributed by atoms with Crippen LogP contribution < -0.4 is 5.32 Å². The van der Waals surface area contributed by atoms with Crippen molar-refractivity contribution in [1.82, 2.24) is 10.2 Å². The van der Waals surface area contributed by atoms with Gasteiger partial charge in [0.25, 0.3) is 0 Å². The zero-order chi connectivity index (χ0) is 17.6. The number of carbonyl (C=O) groups is 1. The first-order valence-electron chi connectivity index (χ1n) is 8.93. The van der Waals surface area contributed by atoms with Gasteiger partial charge in [-0.15, -0.1) is 0 Å². The van der Waals surface area contributed by atoms with Crippen molar-refractivity contribution in [3.05, 3.63) is 70.2 Å². The molecular formula is C21H25ClN2O. The predicted molar refractivity (Wildman–Crippen MR) is 103 cm³/mol. The van der Waals surface area contributed by atoms with Crippen LogP contribution in [-0.2, 0) is 24.2 Å². The Bertz CT molecular complexity index is 731. The number of nitrogens with one attached hydrogen (secondary N) is 1. The number of amides is 1. The third-order valence-electron chi connectivity index (χ3n) is 4.68. The number of benzene rings is 2. The number of aryl methyl sites for hydroxylation is 1. The summed E-state index contributed by atoms with van der Waals surface area (Å²) >= 11 is 5.98. The molecule has 1 unspecified atom stereocenters. The van der Waals surface area contributed by atoms with Crippen LogP contribution in [0.25, 0.3) is 0 Å². The molecule has 132 valence electrons. The van der Waals surface area contributed by atoms with Gasteiger partial charge in [-0.3, -0.25) is 9.69 Å². The highest BCUT2D eigenvalue weighted by molar-refractivity contribution is 6.30. The normalized spacial score (nSPS) is 15.4. The number of rotatable bonds is 6. The van der Waals surface area contributed by atoms with Gasteiger partial charge in [0.15, 0.2) is 0 Å². The second-order valence-corrected chi connectivity index (χ2v) is 7.29. The van der Waals surface area contributed by atoms with E-state index in [2.05, 4.69) is 41.4 Å². The van der Waals surface area contributed by atoms with Crippen LogP contribution in [0.4, 0.5) is 0 Å². The van der Waals surface area contributed by atoms with Crippen LogP contribution in [0.2, 0.25) is 5.02 Å². The molecule has 2 aromatic rings. The van der Waals surface area contributed by atoms with Crippen molar-refractivity contribution >= 4 is 17.5 Å². The van der Waals surface area contributed by atoms with E-state index in [-0.39, 0.29) is 11.9 Å². The lowest BCUT2D eigenvalue weighted by molar-refractivity contribution is -0.121. The molecule has 0 fully saturated rings. The minimum absolute atomic E-state index is 0.102. The highest BCUT2D eigenvalue weighted by Gasteiger charge is 2.18. The van der Waals surface area contributed by atoms with Crippen molar-refractivity contribution in [3.63, 3.8) is 0 Å². The van der Waals surface area contributed by atoms with E-state index in [0.29, 0.717) is 6.42 Å². The number of fused-ring (bicyclic) bond motifs is 1. The molecule has 0 spiro atoms. The van der Waals surface area contributed by atoms with Gasteiger partial charge in [-0.2, -0.15) is 0 Å². The Hall–Kier alpha value is -1.84. The Labute approximate surface area is 155 Å². The van der Waals surface area contributed by atoms with Gasteiger partial charge in [-0.25, -0.2) is 0 Å². The van der Waals surface area contributed by atoms with Crippen molar-refractivity contribution in [2.45, 2.75) is 38.8 Å². The molecule has 0 saturated heterocycles. The molecule has 0 bridgehead atoms. The monoisotopic (exact) mass is 356 g/mol. The van der Waals surface area contributed by atoms with Crippen LogP contribution >= 0.6 is 11.6 Å². The second kappa shape index (κ2) is 8.50. The Morgan fingerprint density at radius 3 is 2.80 bits per heavy atom. The van der Waals surface area contributed by atoms with Crippen molar-refractivity contribution in [2.24, 2.45) is 0 Å². The van der Waals surface area contributed by atoms with Crippen molar-refractivity contribution < 1.29 is 4.79 Å². The maximum absolute atomic E-state index is 12.2. The predicted octanol–water partition coefficient (Wildman–Crippen LogP) is 3.84. The van der Waals surface area contributed by atoms with E-state index in [1.165, 1.54) is 11.1 Å². The molecule has 0 saturated carbocycles. The van der Waals surface area contributed by atoms with Gasteiger partial charge < -0.3 is 5.32 Å². The number of halogens is 1. The first-order chi connectivity index (χ1) is 12.1. The SMILES string of the molecule is CC(CN1CCc2ccccc2C1)NC(=O)CCc1cccc(Cl)c1.